The van der Waals surface area contributed by atoms with E-state index >= 15 is 0 Å². The fourth-order valence-corrected chi connectivity index (χ4v) is 4.04. The van der Waals surface area contributed by atoms with Gasteiger partial charge in [-0.2, -0.15) is 0 Å². The second kappa shape index (κ2) is 11.9. The molecule has 1 aromatic rings. The van der Waals surface area contributed by atoms with E-state index in [9.17, 15) is 4.79 Å². The Hall–Kier alpha value is -2.73. The predicted octanol–water partition coefficient (Wildman–Crippen LogP) is 3.35. The third-order valence-electron chi connectivity index (χ3n) is 6.39. The third-order valence-corrected chi connectivity index (χ3v) is 6.39. The lowest BCUT2D eigenvalue weighted by Crippen LogP contribution is -2.44. The maximum Gasteiger partial charge on any atom is 0.228 e. The van der Waals surface area contributed by atoms with E-state index in [1.807, 2.05) is 44.3 Å². The molecular weight excluding hydrogens is 410 g/mol. The van der Waals surface area contributed by atoms with Crippen LogP contribution in [-0.4, -0.2) is 46.7 Å². The van der Waals surface area contributed by atoms with Crippen molar-refractivity contribution < 1.29 is 4.79 Å². The van der Waals surface area contributed by atoms with E-state index in [0.717, 1.165) is 60.7 Å². The van der Waals surface area contributed by atoms with Gasteiger partial charge in [0.05, 0.1) is 0 Å². The van der Waals surface area contributed by atoms with Crippen LogP contribution < -0.4 is 21.1 Å². The largest absolute Gasteiger partial charge is 0.368 e. The maximum absolute atomic E-state index is 12.1. The molecule has 2 N–H and O–H groups in total. The summed E-state index contributed by atoms with van der Waals surface area (Å²) in [4.78, 5) is 23.9. The molecule has 0 radical (unpaired) electrons. The lowest BCUT2D eigenvalue weighted by Gasteiger charge is -2.35. The molecule has 1 aromatic heterocycles. The molecule has 6 nitrogen and oxygen atoms in total. The van der Waals surface area contributed by atoms with Gasteiger partial charge in [-0.05, 0) is 82.0 Å². The van der Waals surface area contributed by atoms with E-state index in [0.29, 0.717) is 24.3 Å². The highest BCUT2D eigenvalue weighted by atomic mass is 16.2. The molecule has 1 saturated carbocycles. The number of anilines is 1. The maximum atomic E-state index is 12.1. The Kier molecular flexibility index (Phi) is 9.01. The monoisotopic (exact) mass is 449 g/mol. The predicted molar refractivity (Wildman–Crippen MR) is 138 cm³/mol. The summed E-state index contributed by atoms with van der Waals surface area (Å²) in [6.45, 7) is 14.7. The molecule has 33 heavy (non-hydrogen) atoms. The Morgan fingerprint density at radius 1 is 1.24 bits per heavy atom. The summed E-state index contributed by atoms with van der Waals surface area (Å²) in [5, 5.41) is 8.62. The zero-order valence-corrected chi connectivity index (χ0v) is 20.6. The zero-order valence-electron chi connectivity index (χ0n) is 20.6. The van der Waals surface area contributed by atoms with Gasteiger partial charge in [-0.15, -0.1) is 0 Å². The molecule has 1 aliphatic carbocycles. The standard InChI is InChI=1S/C27H39N5O/c1-6-20-18-28-26(31-27(33)21-9-10-21)17-22(20)11-12-23(7-2)29-25(8-3)30-24-13-15-32(16-14-24)19(4)5/h6-8,11,17-19,21,24,30H,2,9-10,12-16H2,1,3-5H3,(H,31,33)/b20-6-,22-11-,25-8+,29-23+. The van der Waals surface area contributed by atoms with E-state index in [1.165, 1.54) is 0 Å². The quantitative estimate of drug-likeness (QED) is 0.567. The van der Waals surface area contributed by atoms with Crippen LogP contribution in [0, 0.1) is 5.92 Å². The van der Waals surface area contributed by atoms with Crippen molar-refractivity contribution in [2.24, 2.45) is 10.9 Å². The first-order chi connectivity index (χ1) is 15.9. The van der Waals surface area contributed by atoms with Crippen LogP contribution in [0.3, 0.4) is 0 Å². The molecule has 0 bridgehead atoms. The van der Waals surface area contributed by atoms with Crippen LogP contribution in [0.25, 0.3) is 12.2 Å². The first-order valence-electron chi connectivity index (χ1n) is 12.2. The van der Waals surface area contributed by atoms with Gasteiger partial charge in [-0.25, -0.2) is 9.98 Å². The van der Waals surface area contributed by atoms with E-state index in [-0.39, 0.29) is 11.8 Å². The number of rotatable bonds is 9. The number of aliphatic imine (C=N–C) groups is 1. The van der Waals surface area contributed by atoms with Gasteiger partial charge < -0.3 is 15.5 Å². The number of amides is 1. The van der Waals surface area contributed by atoms with E-state index in [4.69, 9.17) is 4.99 Å². The molecular formula is C27H39N5O. The number of pyridine rings is 1. The molecule has 0 spiro atoms. The molecule has 2 fully saturated rings. The average molecular weight is 450 g/mol. The lowest BCUT2D eigenvalue weighted by atomic mass is 10.0. The minimum Gasteiger partial charge on any atom is -0.368 e. The van der Waals surface area contributed by atoms with Crippen molar-refractivity contribution >= 4 is 29.6 Å². The van der Waals surface area contributed by atoms with Crippen molar-refractivity contribution in [2.45, 2.75) is 71.9 Å². The molecule has 178 valence electrons. The van der Waals surface area contributed by atoms with Gasteiger partial charge in [0.1, 0.15) is 11.6 Å². The minimum atomic E-state index is 0.0676. The first-order valence-corrected chi connectivity index (χ1v) is 12.2. The van der Waals surface area contributed by atoms with Gasteiger partial charge in [0.2, 0.25) is 5.91 Å². The van der Waals surface area contributed by atoms with E-state index in [2.05, 4.69) is 47.0 Å². The average Bonchev–Trinajstić information content (AvgIpc) is 3.67. The Morgan fingerprint density at radius 2 is 1.97 bits per heavy atom. The summed E-state index contributed by atoms with van der Waals surface area (Å²) in [6, 6.07) is 2.99. The lowest BCUT2D eigenvalue weighted by molar-refractivity contribution is -0.117. The van der Waals surface area contributed by atoms with Crippen LogP contribution in [0.2, 0.25) is 0 Å². The second-order valence-corrected chi connectivity index (χ2v) is 9.19. The number of piperidine rings is 1. The van der Waals surface area contributed by atoms with Crippen LogP contribution in [0.1, 0.15) is 59.8 Å². The molecule has 0 atom stereocenters. The van der Waals surface area contributed by atoms with Gasteiger partial charge in [0.25, 0.3) is 0 Å². The van der Waals surface area contributed by atoms with E-state index < -0.39 is 0 Å². The number of allylic oxidation sites excluding steroid dienone is 2. The molecule has 2 aliphatic rings. The van der Waals surface area contributed by atoms with Gasteiger partial charge in [0, 0.05) is 49.4 Å². The van der Waals surface area contributed by atoms with Crippen LogP contribution in [0.15, 0.2) is 41.8 Å². The molecule has 0 unspecified atom stereocenters. The third kappa shape index (κ3) is 7.39. The Balaban J connectivity index is 1.68. The summed E-state index contributed by atoms with van der Waals surface area (Å²) in [7, 11) is 0. The van der Waals surface area contributed by atoms with Crippen molar-refractivity contribution in [2.75, 3.05) is 18.4 Å². The first kappa shape index (κ1) is 24.9. The molecule has 1 aliphatic heterocycles. The number of carbonyl (C=O) groups excluding carboxylic acids is 1. The van der Waals surface area contributed by atoms with Crippen LogP contribution in [-0.2, 0) is 4.79 Å². The minimum absolute atomic E-state index is 0.0676. The van der Waals surface area contributed by atoms with Gasteiger partial charge in [-0.1, -0.05) is 18.7 Å². The number of nitrogens with zero attached hydrogens (tertiary/aromatic N) is 3. The van der Waals surface area contributed by atoms with Crippen molar-refractivity contribution in [3.05, 3.63) is 47.3 Å². The van der Waals surface area contributed by atoms with Crippen LogP contribution in [0.4, 0.5) is 5.82 Å². The Morgan fingerprint density at radius 3 is 2.55 bits per heavy atom. The molecule has 0 aromatic carbocycles. The zero-order chi connectivity index (χ0) is 23.8. The summed E-state index contributed by atoms with van der Waals surface area (Å²) < 4.78 is 0. The molecule has 6 heteroatoms. The Bertz CT molecular complexity index is 1010. The van der Waals surface area contributed by atoms with Crippen LogP contribution >= 0.6 is 0 Å². The van der Waals surface area contributed by atoms with Crippen molar-refractivity contribution in [3.8, 4) is 0 Å². The fourth-order valence-electron chi connectivity index (χ4n) is 4.04. The normalized spacial score (nSPS) is 19.8. The highest BCUT2D eigenvalue weighted by Crippen LogP contribution is 2.29. The van der Waals surface area contributed by atoms with Gasteiger partial charge >= 0.3 is 0 Å². The van der Waals surface area contributed by atoms with Crippen molar-refractivity contribution in [1.29, 1.82) is 0 Å². The van der Waals surface area contributed by atoms with Crippen molar-refractivity contribution in [1.82, 2.24) is 15.2 Å². The summed E-state index contributed by atoms with van der Waals surface area (Å²) in [5.74, 6) is 1.72. The van der Waals surface area contributed by atoms with Crippen molar-refractivity contribution in [3.63, 3.8) is 0 Å². The van der Waals surface area contributed by atoms with Gasteiger partial charge in [-0.3, -0.25) is 4.79 Å². The number of nitrogens with one attached hydrogen (secondary N) is 2. The smallest absolute Gasteiger partial charge is 0.228 e. The highest BCUT2D eigenvalue weighted by molar-refractivity contribution is 5.98. The molecule has 2 heterocycles. The second-order valence-electron chi connectivity index (χ2n) is 9.19. The highest BCUT2D eigenvalue weighted by Gasteiger charge is 2.29. The summed E-state index contributed by atoms with van der Waals surface area (Å²) in [5.41, 5.74) is 0.901. The number of aromatic nitrogens is 1. The summed E-state index contributed by atoms with van der Waals surface area (Å²) >= 11 is 0. The number of hydrogen-bond donors (Lipinski definition) is 2. The van der Waals surface area contributed by atoms with Crippen LogP contribution in [0.5, 0.6) is 0 Å². The number of carbonyl (C=O) groups is 1. The molecule has 3 rings (SSSR count). The number of likely N-dealkylation sites (tertiary alicyclic amines) is 1. The Labute approximate surface area is 198 Å². The SMILES string of the molecule is C=C/C(C/C=c1/cc(NC(=O)C2CC2)nc/c1=C/C)=N\C(=C/C)NC1CCN(C(C)C)CC1. The number of hydrogen-bond acceptors (Lipinski definition) is 5. The topological polar surface area (TPSA) is 69.6 Å². The fraction of sp³-hybridized carbons (Fsp3) is 0.519. The van der Waals surface area contributed by atoms with Gasteiger partial charge in [0.15, 0.2) is 0 Å². The molecule has 1 saturated heterocycles. The molecule has 1 amide bonds. The van der Waals surface area contributed by atoms with E-state index in [1.54, 1.807) is 0 Å². The summed E-state index contributed by atoms with van der Waals surface area (Å²) in [6.07, 6.45) is 14.7.